The van der Waals surface area contributed by atoms with Crippen molar-refractivity contribution in [2.45, 2.75) is 43.0 Å². The van der Waals surface area contributed by atoms with E-state index in [0.29, 0.717) is 23.6 Å². The summed E-state index contributed by atoms with van der Waals surface area (Å²) in [5.74, 6) is -0.852. The number of nitrogens with one attached hydrogen (secondary N) is 1. The molecule has 0 unspecified atom stereocenters. The summed E-state index contributed by atoms with van der Waals surface area (Å²) in [7, 11) is -3.45. The number of hydrogen-bond acceptors (Lipinski definition) is 5. The Morgan fingerprint density at radius 3 is 2.67 bits per heavy atom. The molecule has 1 aromatic rings. The van der Waals surface area contributed by atoms with Gasteiger partial charge < -0.3 is 5.11 Å². The molecule has 0 spiro atoms. The number of carbonyl (C=O) groups is 1. The lowest BCUT2D eigenvalue weighted by Crippen LogP contribution is -2.54. The van der Waals surface area contributed by atoms with Crippen LogP contribution in [0.4, 0.5) is 0 Å². The van der Waals surface area contributed by atoms with E-state index in [0.717, 1.165) is 5.56 Å². The first-order valence-corrected chi connectivity index (χ1v) is 9.22. The standard InChI is InChI=1S/C13H20N2O4S2/c1-3-15(8-12(16)17)11-6-10(7-11)14-21(18,19)13-9(2)4-5-20-13/h4-5,10-11,14H,3,6-8H2,1-2H3,(H,16,17). The predicted molar refractivity (Wildman–Crippen MR) is 81.1 cm³/mol. The number of aliphatic carboxylic acids is 1. The molecule has 0 bridgehead atoms. The molecule has 1 heterocycles. The summed E-state index contributed by atoms with van der Waals surface area (Å²) in [5, 5.41) is 10.6. The van der Waals surface area contributed by atoms with Gasteiger partial charge in [0.25, 0.3) is 10.0 Å². The predicted octanol–water partition coefficient (Wildman–Crippen LogP) is 1.27. The van der Waals surface area contributed by atoms with Gasteiger partial charge in [-0.2, -0.15) is 0 Å². The van der Waals surface area contributed by atoms with Crippen LogP contribution in [0.3, 0.4) is 0 Å². The molecule has 1 aromatic heterocycles. The summed E-state index contributed by atoms with van der Waals surface area (Å²) in [6.07, 6.45) is 1.32. The van der Waals surface area contributed by atoms with Gasteiger partial charge in [-0.15, -0.1) is 11.3 Å². The lowest BCUT2D eigenvalue weighted by Gasteiger charge is -2.42. The number of nitrogens with zero attached hydrogens (tertiary/aromatic N) is 1. The minimum atomic E-state index is -3.45. The average molecular weight is 332 g/mol. The van der Waals surface area contributed by atoms with Gasteiger partial charge in [0.15, 0.2) is 0 Å². The smallest absolute Gasteiger partial charge is 0.317 e. The maximum atomic E-state index is 12.2. The number of sulfonamides is 1. The van der Waals surface area contributed by atoms with Crippen LogP contribution in [0.25, 0.3) is 0 Å². The topological polar surface area (TPSA) is 86.7 Å². The van der Waals surface area contributed by atoms with Gasteiger partial charge in [0.1, 0.15) is 4.21 Å². The second kappa shape index (κ2) is 6.43. The summed E-state index contributed by atoms with van der Waals surface area (Å²) < 4.78 is 27.5. The van der Waals surface area contributed by atoms with Gasteiger partial charge in [-0.1, -0.05) is 6.92 Å². The van der Waals surface area contributed by atoms with Gasteiger partial charge in [0.2, 0.25) is 0 Å². The average Bonchev–Trinajstić information content (AvgIpc) is 2.77. The van der Waals surface area contributed by atoms with E-state index < -0.39 is 16.0 Å². The van der Waals surface area contributed by atoms with Crippen LogP contribution in [-0.2, 0) is 14.8 Å². The van der Waals surface area contributed by atoms with Crippen LogP contribution in [0.15, 0.2) is 15.7 Å². The molecule has 8 heteroatoms. The van der Waals surface area contributed by atoms with Crippen LogP contribution in [-0.4, -0.2) is 49.6 Å². The van der Waals surface area contributed by atoms with Crippen molar-refractivity contribution in [2.75, 3.05) is 13.1 Å². The molecule has 0 saturated heterocycles. The van der Waals surface area contributed by atoms with E-state index in [1.165, 1.54) is 11.3 Å². The molecule has 1 aliphatic carbocycles. The Kier molecular flexibility index (Phi) is 5.03. The van der Waals surface area contributed by atoms with Crippen molar-refractivity contribution in [1.82, 2.24) is 9.62 Å². The van der Waals surface area contributed by atoms with Crippen molar-refractivity contribution in [3.05, 3.63) is 17.0 Å². The van der Waals surface area contributed by atoms with E-state index in [2.05, 4.69) is 4.72 Å². The molecule has 0 aliphatic heterocycles. The lowest BCUT2D eigenvalue weighted by atomic mass is 9.86. The third-order valence-corrected chi connectivity index (χ3v) is 6.96. The first-order valence-electron chi connectivity index (χ1n) is 6.85. The number of carboxylic acids is 1. The van der Waals surface area contributed by atoms with Crippen LogP contribution in [0.2, 0.25) is 0 Å². The van der Waals surface area contributed by atoms with Crippen molar-refractivity contribution in [1.29, 1.82) is 0 Å². The van der Waals surface area contributed by atoms with Gasteiger partial charge in [-0.3, -0.25) is 9.69 Å². The van der Waals surface area contributed by atoms with Crippen LogP contribution < -0.4 is 4.72 Å². The van der Waals surface area contributed by atoms with Gasteiger partial charge in [-0.05, 0) is 43.3 Å². The molecule has 2 rings (SSSR count). The highest BCUT2D eigenvalue weighted by molar-refractivity contribution is 7.91. The van der Waals surface area contributed by atoms with E-state index in [1.54, 1.807) is 18.4 Å². The Bertz CT molecular complexity index is 605. The molecule has 0 amide bonds. The molecular weight excluding hydrogens is 312 g/mol. The fourth-order valence-electron chi connectivity index (χ4n) is 2.56. The number of aryl methyl sites for hydroxylation is 1. The Labute approximate surface area is 128 Å². The fraction of sp³-hybridized carbons (Fsp3) is 0.615. The summed E-state index contributed by atoms with van der Waals surface area (Å²) in [4.78, 5) is 12.6. The molecule has 6 nitrogen and oxygen atoms in total. The molecule has 1 fully saturated rings. The quantitative estimate of drug-likeness (QED) is 0.785. The van der Waals surface area contributed by atoms with E-state index >= 15 is 0 Å². The molecule has 1 saturated carbocycles. The van der Waals surface area contributed by atoms with Gasteiger partial charge >= 0.3 is 5.97 Å². The molecule has 2 N–H and O–H groups in total. The molecule has 0 aromatic carbocycles. The van der Waals surface area contributed by atoms with Crippen molar-refractivity contribution in [3.63, 3.8) is 0 Å². The fourth-order valence-corrected chi connectivity index (χ4v) is 5.26. The Morgan fingerprint density at radius 1 is 1.52 bits per heavy atom. The molecule has 21 heavy (non-hydrogen) atoms. The van der Waals surface area contributed by atoms with Crippen molar-refractivity contribution < 1.29 is 18.3 Å². The first kappa shape index (κ1) is 16.4. The highest BCUT2D eigenvalue weighted by Crippen LogP contribution is 2.29. The van der Waals surface area contributed by atoms with Crippen molar-refractivity contribution >= 4 is 27.3 Å². The normalized spacial score (nSPS) is 22.2. The second-order valence-corrected chi connectivity index (χ2v) is 8.12. The molecule has 118 valence electrons. The van der Waals surface area contributed by atoms with Gasteiger partial charge in [-0.25, -0.2) is 13.1 Å². The van der Waals surface area contributed by atoms with Gasteiger partial charge in [0, 0.05) is 12.1 Å². The van der Waals surface area contributed by atoms with Crippen LogP contribution >= 0.6 is 11.3 Å². The third-order valence-electron chi connectivity index (χ3n) is 3.76. The summed E-state index contributed by atoms with van der Waals surface area (Å²) in [6.45, 7) is 4.35. The highest BCUT2D eigenvalue weighted by Gasteiger charge is 2.36. The number of rotatable bonds is 7. The second-order valence-electron chi connectivity index (χ2n) is 5.29. The van der Waals surface area contributed by atoms with Crippen LogP contribution in [0.5, 0.6) is 0 Å². The zero-order valence-corrected chi connectivity index (χ0v) is 13.7. The van der Waals surface area contributed by atoms with E-state index in [-0.39, 0.29) is 18.6 Å². The Morgan fingerprint density at radius 2 is 2.19 bits per heavy atom. The summed E-state index contributed by atoms with van der Waals surface area (Å²) >= 11 is 1.21. The molecule has 1 aliphatic rings. The van der Waals surface area contributed by atoms with E-state index in [1.807, 2.05) is 11.8 Å². The molecule has 0 atom stereocenters. The van der Waals surface area contributed by atoms with Crippen molar-refractivity contribution in [2.24, 2.45) is 0 Å². The largest absolute Gasteiger partial charge is 0.480 e. The third kappa shape index (κ3) is 3.82. The molecule has 0 radical (unpaired) electrons. The van der Waals surface area contributed by atoms with Crippen LogP contribution in [0, 0.1) is 6.92 Å². The zero-order valence-electron chi connectivity index (χ0n) is 12.1. The van der Waals surface area contributed by atoms with Gasteiger partial charge in [0.05, 0.1) is 6.54 Å². The lowest BCUT2D eigenvalue weighted by molar-refractivity contribution is -0.139. The number of carboxylic acid groups (broad SMARTS) is 1. The number of thiophene rings is 1. The number of likely N-dealkylation sites (N-methyl/N-ethyl adjacent to an activating group) is 1. The maximum absolute atomic E-state index is 12.2. The Hall–Kier alpha value is -0.960. The maximum Gasteiger partial charge on any atom is 0.317 e. The molecular formula is C13H20N2O4S2. The monoisotopic (exact) mass is 332 g/mol. The van der Waals surface area contributed by atoms with E-state index in [4.69, 9.17) is 5.11 Å². The number of hydrogen-bond donors (Lipinski definition) is 2. The minimum Gasteiger partial charge on any atom is -0.480 e. The SMILES string of the molecule is CCN(CC(=O)O)C1CC(NS(=O)(=O)c2sccc2C)C1. The van der Waals surface area contributed by atoms with Crippen molar-refractivity contribution in [3.8, 4) is 0 Å². The zero-order chi connectivity index (χ0) is 15.6. The first-order chi connectivity index (χ1) is 9.83. The van der Waals surface area contributed by atoms with E-state index in [9.17, 15) is 13.2 Å². The van der Waals surface area contributed by atoms with Crippen LogP contribution in [0.1, 0.15) is 25.3 Å². The Balaban J connectivity index is 1.91. The minimum absolute atomic E-state index is 0.00463. The summed E-state index contributed by atoms with van der Waals surface area (Å²) in [6, 6.07) is 1.82. The summed E-state index contributed by atoms with van der Waals surface area (Å²) in [5.41, 5.74) is 0.754. The highest BCUT2D eigenvalue weighted by atomic mass is 32.2.